The molecule has 2 unspecified atom stereocenters. The molecule has 30 heavy (non-hydrogen) atoms. The topological polar surface area (TPSA) is 112 Å². The van der Waals surface area contributed by atoms with Gasteiger partial charge in [-0.15, -0.1) is 24.8 Å². The minimum Gasteiger partial charge on any atom is -0.455 e. The minimum absolute atomic E-state index is 0.0304. The Morgan fingerprint density at radius 3 is 2.73 bits per heavy atom. The number of benzene rings is 1. The molecule has 0 fully saturated rings. The number of ether oxygens (including phenoxy) is 2. The number of carbonyl (C=O) groups excluding carboxylic acids is 1. The Balaban J connectivity index is 1.73. The van der Waals surface area contributed by atoms with E-state index < -0.39 is 29.4 Å². The second kappa shape index (κ2) is 8.54. The average Bonchev–Trinajstić information content (AvgIpc) is 2.67. The third-order valence-electron chi connectivity index (χ3n) is 3.97. The molecule has 1 aliphatic carbocycles. The summed E-state index contributed by atoms with van der Waals surface area (Å²) in [5.41, 5.74) is 11.6. The maximum atomic E-state index is 12.5. The molecule has 2 aromatic rings. The van der Waals surface area contributed by atoms with Crippen LogP contribution in [0.5, 0.6) is 11.5 Å². The van der Waals surface area contributed by atoms with Gasteiger partial charge < -0.3 is 26.3 Å². The molecular weight excluding hydrogens is 425 g/mol. The highest BCUT2D eigenvalue weighted by molar-refractivity contribution is 6.22. The number of nitrogens with two attached hydrogens (primary N) is 2. The predicted molar refractivity (Wildman–Crippen MR) is 105 cm³/mol. The number of hydrogen-bond acceptors (Lipinski definition) is 6. The Hall–Kier alpha value is -3.40. The van der Waals surface area contributed by atoms with Crippen LogP contribution in [0.15, 0.2) is 60.5 Å². The van der Waals surface area contributed by atoms with Crippen molar-refractivity contribution in [1.82, 2.24) is 10.3 Å². The fourth-order valence-corrected chi connectivity index (χ4v) is 2.78. The fourth-order valence-electron chi connectivity index (χ4n) is 2.58. The minimum atomic E-state index is -4.86. The van der Waals surface area contributed by atoms with Crippen LogP contribution in [0.2, 0.25) is 0 Å². The van der Waals surface area contributed by atoms with Crippen molar-refractivity contribution in [2.75, 3.05) is 11.5 Å². The van der Waals surface area contributed by atoms with E-state index in [0.717, 1.165) is 12.1 Å². The van der Waals surface area contributed by atoms with Crippen molar-refractivity contribution in [1.29, 1.82) is 0 Å². The van der Waals surface area contributed by atoms with Gasteiger partial charge in [0.2, 0.25) is 0 Å². The first-order valence-corrected chi connectivity index (χ1v) is 8.94. The Bertz CT molecular complexity index is 1010. The molecule has 1 aromatic heterocycles. The van der Waals surface area contributed by atoms with E-state index in [1.807, 2.05) is 0 Å². The number of hydrogen-bond donors (Lipinski definition) is 3. The highest BCUT2D eigenvalue weighted by Crippen LogP contribution is 2.28. The number of halogens is 4. The molecule has 158 valence electrons. The number of anilines is 2. The van der Waals surface area contributed by atoms with Gasteiger partial charge >= 0.3 is 6.36 Å². The third-order valence-corrected chi connectivity index (χ3v) is 4.38. The quantitative estimate of drug-likeness (QED) is 0.614. The highest BCUT2D eigenvalue weighted by Gasteiger charge is 2.31. The molecule has 0 radical (unpaired) electrons. The van der Waals surface area contributed by atoms with Crippen LogP contribution >= 0.6 is 11.6 Å². The molecule has 0 aliphatic heterocycles. The number of pyridine rings is 1. The molecule has 0 saturated heterocycles. The van der Waals surface area contributed by atoms with Crippen LogP contribution in [0.25, 0.3) is 0 Å². The molecule has 7 nitrogen and oxygen atoms in total. The molecule has 3 rings (SSSR count). The Morgan fingerprint density at radius 2 is 2.00 bits per heavy atom. The number of aromatic nitrogens is 1. The maximum absolute atomic E-state index is 12.5. The molecule has 0 spiro atoms. The van der Waals surface area contributed by atoms with Gasteiger partial charge in [0.05, 0.1) is 11.4 Å². The Morgan fingerprint density at radius 1 is 1.23 bits per heavy atom. The van der Waals surface area contributed by atoms with Gasteiger partial charge in [0.1, 0.15) is 23.0 Å². The summed E-state index contributed by atoms with van der Waals surface area (Å²) in [6.45, 7) is 0. The predicted octanol–water partition coefficient (Wildman–Crippen LogP) is 3.38. The zero-order valence-corrected chi connectivity index (χ0v) is 15.9. The summed E-state index contributed by atoms with van der Waals surface area (Å²) in [5.74, 6) is -0.436. The molecular formula is C19H16ClF3N4O3. The summed E-state index contributed by atoms with van der Waals surface area (Å²) in [5, 5.41) is 2.02. The van der Waals surface area contributed by atoms with Gasteiger partial charge in [0, 0.05) is 17.8 Å². The van der Waals surface area contributed by atoms with Crippen LogP contribution in [0, 0.1) is 0 Å². The highest BCUT2D eigenvalue weighted by atomic mass is 35.5. The van der Waals surface area contributed by atoms with Gasteiger partial charge in [-0.05, 0) is 30.4 Å². The standard InChI is InChI=1S/C19H16ClF3N4O3/c20-13-5-4-11(29-15-6-7-26-17(25)16(15)24)9-14(13)27-18(28)10-2-1-3-12(8-10)30-19(21,22)23/h1-9,13-14H,24H2,(H2,25,26)(H,27,28). The summed E-state index contributed by atoms with van der Waals surface area (Å²) in [6, 6.07) is 5.51. The van der Waals surface area contributed by atoms with E-state index in [4.69, 9.17) is 27.8 Å². The van der Waals surface area contributed by atoms with Crippen LogP contribution in [0.1, 0.15) is 10.4 Å². The summed E-state index contributed by atoms with van der Waals surface area (Å²) >= 11 is 6.23. The lowest BCUT2D eigenvalue weighted by Crippen LogP contribution is -2.40. The molecule has 1 amide bonds. The lowest BCUT2D eigenvalue weighted by atomic mass is 10.1. The van der Waals surface area contributed by atoms with Gasteiger partial charge in [-0.1, -0.05) is 12.1 Å². The monoisotopic (exact) mass is 440 g/mol. The van der Waals surface area contributed by atoms with Gasteiger partial charge in [-0.25, -0.2) is 4.98 Å². The van der Waals surface area contributed by atoms with E-state index in [1.54, 1.807) is 18.2 Å². The zero-order chi connectivity index (χ0) is 21.9. The summed E-state index contributed by atoms with van der Waals surface area (Å²) in [4.78, 5) is 16.3. The van der Waals surface area contributed by atoms with Crippen molar-refractivity contribution in [3.63, 3.8) is 0 Å². The van der Waals surface area contributed by atoms with Gasteiger partial charge in [0.15, 0.2) is 5.75 Å². The second-order valence-electron chi connectivity index (χ2n) is 6.16. The lowest BCUT2D eigenvalue weighted by molar-refractivity contribution is -0.274. The number of rotatable bonds is 5. The third kappa shape index (κ3) is 5.35. The van der Waals surface area contributed by atoms with Crippen LogP contribution in [-0.2, 0) is 0 Å². The van der Waals surface area contributed by atoms with Crippen molar-refractivity contribution in [2.45, 2.75) is 17.8 Å². The van der Waals surface area contributed by atoms with Crippen LogP contribution in [0.4, 0.5) is 24.7 Å². The van der Waals surface area contributed by atoms with E-state index in [1.165, 1.54) is 24.4 Å². The van der Waals surface area contributed by atoms with E-state index >= 15 is 0 Å². The number of amides is 1. The fraction of sp³-hybridized carbons (Fsp3) is 0.158. The lowest BCUT2D eigenvalue weighted by Gasteiger charge is -2.23. The van der Waals surface area contributed by atoms with Gasteiger partial charge in [0.25, 0.3) is 5.91 Å². The van der Waals surface area contributed by atoms with Gasteiger partial charge in [-0.2, -0.15) is 0 Å². The molecule has 1 aliphatic rings. The average molecular weight is 441 g/mol. The largest absolute Gasteiger partial charge is 0.573 e. The first kappa shape index (κ1) is 21.3. The summed E-state index contributed by atoms with van der Waals surface area (Å²) < 4.78 is 46.7. The molecule has 1 heterocycles. The van der Waals surface area contributed by atoms with E-state index in [2.05, 4.69) is 15.0 Å². The second-order valence-corrected chi connectivity index (χ2v) is 6.66. The molecule has 5 N–H and O–H groups in total. The Labute approximate surface area is 174 Å². The van der Waals surface area contributed by atoms with Crippen LogP contribution in [0.3, 0.4) is 0 Å². The molecule has 0 saturated carbocycles. The number of nitrogens with zero attached hydrogens (tertiary/aromatic N) is 1. The first-order valence-electron chi connectivity index (χ1n) is 8.51. The number of nitrogens with one attached hydrogen (secondary N) is 1. The normalized spacial score (nSPS) is 18.5. The SMILES string of the molecule is Nc1nccc(OC2=CC(NC(=O)c3cccc(OC(F)(F)F)c3)C(Cl)C=C2)c1N. The summed E-state index contributed by atoms with van der Waals surface area (Å²) in [6.07, 6.45) is 1.28. The number of carbonyl (C=O) groups is 1. The van der Waals surface area contributed by atoms with E-state index in [-0.39, 0.29) is 22.8 Å². The maximum Gasteiger partial charge on any atom is 0.573 e. The van der Waals surface area contributed by atoms with Crippen molar-refractivity contribution in [2.24, 2.45) is 0 Å². The Kier molecular flexibility index (Phi) is 6.06. The van der Waals surface area contributed by atoms with E-state index in [0.29, 0.717) is 5.76 Å². The summed E-state index contributed by atoms with van der Waals surface area (Å²) in [7, 11) is 0. The van der Waals surface area contributed by atoms with Crippen LogP contribution < -0.4 is 26.3 Å². The molecule has 11 heteroatoms. The molecule has 0 bridgehead atoms. The van der Waals surface area contributed by atoms with Crippen molar-refractivity contribution in [3.8, 4) is 11.5 Å². The van der Waals surface area contributed by atoms with Crippen LogP contribution in [-0.4, -0.2) is 28.7 Å². The van der Waals surface area contributed by atoms with Crippen molar-refractivity contribution in [3.05, 3.63) is 66.1 Å². The first-order chi connectivity index (χ1) is 14.1. The van der Waals surface area contributed by atoms with Crippen molar-refractivity contribution >= 4 is 29.0 Å². The number of allylic oxidation sites excluding steroid dienone is 1. The smallest absolute Gasteiger partial charge is 0.455 e. The van der Waals surface area contributed by atoms with Gasteiger partial charge in [-0.3, -0.25) is 4.79 Å². The molecule has 1 aromatic carbocycles. The number of nitrogen functional groups attached to an aromatic ring is 2. The zero-order valence-electron chi connectivity index (χ0n) is 15.2. The van der Waals surface area contributed by atoms with Crippen molar-refractivity contribution < 1.29 is 27.4 Å². The molecule has 2 atom stereocenters. The number of alkyl halides is 4. The van der Waals surface area contributed by atoms with E-state index in [9.17, 15) is 18.0 Å².